The summed E-state index contributed by atoms with van der Waals surface area (Å²) in [5.41, 5.74) is 5.00. The molecule has 5 nitrogen and oxygen atoms in total. The topological polar surface area (TPSA) is 60.8 Å². The predicted molar refractivity (Wildman–Crippen MR) is 81.8 cm³/mol. The van der Waals surface area contributed by atoms with Crippen molar-refractivity contribution in [2.75, 3.05) is 6.61 Å². The van der Waals surface area contributed by atoms with Crippen molar-refractivity contribution in [3.63, 3.8) is 0 Å². The summed E-state index contributed by atoms with van der Waals surface area (Å²) in [4.78, 5) is 0. The van der Waals surface area contributed by atoms with Gasteiger partial charge in [-0.05, 0) is 33.9 Å². The third-order valence-electron chi connectivity index (χ3n) is 3.78. The zero-order valence-corrected chi connectivity index (χ0v) is 12.2. The number of halogens is 1. The molecule has 0 bridgehead atoms. The van der Waals surface area contributed by atoms with Gasteiger partial charge in [0.15, 0.2) is 0 Å². The fourth-order valence-corrected chi connectivity index (χ4v) is 2.94. The average molecular weight is 311 g/mol. The standard InChI is InChI=1S/C16H11ClN4O/c17-15-18-20-16(21-19-15)22-9-14-12-7-3-1-5-10(12)11-6-2-4-8-13(11)14/h1-8,14H,9H2. The minimum atomic E-state index is 0.00362. The van der Waals surface area contributed by atoms with Crippen LogP contribution in [0.2, 0.25) is 5.28 Å². The molecule has 6 heteroatoms. The van der Waals surface area contributed by atoms with E-state index in [-0.39, 0.29) is 17.2 Å². The van der Waals surface area contributed by atoms with Gasteiger partial charge < -0.3 is 4.74 Å². The van der Waals surface area contributed by atoms with Crippen LogP contribution in [0.1, 0.15) is 17.0 Å². The number of nitrogens with zero attached hydrogens (tertiary/aromatic N) is 4. The zero-order valence-electron chi connectivity index (χ0n) is 11.5. The number of rotatable bonds is 3. The Morgan fingerprint density at radius 3 is 1.95 bits per heavy atom. The summed E-state index contributed by atoms with van der Waals surface area (Å²) >= 11 is 5.57. The van der Waals surface area contributed by atoms with Gasteiger partial charge in [0.1, 0.15) is 6.61 Å². The summed E-state index contributed by atoms with van der Waals surface area (Å²) < 4.78 is 5.65. The number of hydrogen-bond donors (Lipinski definition) is 0. The van der Waals surface area contributed by atoms with E-state index in [1.54, 1.807) is 0 Å². The molecule has 0 N–H and O–H groups in total. The van der Waals surface area contributed by atoms with Gasteiger partial charge in [-0.3, -0.25) is 0 Å². The molecule has 1 heterocycles. The Morgan fingerprint density at radius 2 is 1.36 bits per heavy atom. The Hall–Kier alpha value is -2.53. The van der Waals surface area contributed by atoms with Crippen LogP contribution in [0.25, 0.3) is 11.1 Å². The van der Waals surface area contributed by atoms with Gasteiger partial charge in [-0.2, -0.15) is 0 Å². The number of benzene rings is 2. The van der Waals surface area contributed by atoms with Gasteiger partial charge in [-0.15, -0.1) is 10.2 Å². The van der Waals surface area contributed by atoms with E-state index in [0.717, 1.165) is 0 Å². The lowest BCUT2D eigenvalue weighted by molar-refractivity contribution is 0.273. The van der Waals surface area contributed by atoms with E-state index >= 15 is 0 Å². The third-order valence-corrected chi connectivity index (χ3v) is 3.93. The normalized spacial score (nSPS) is 12.8. The molecule has 0 atom stereocenters. The van der Waals surface area contributed by atoms with E-state index in [2.05, 4.69) is 56.8 Å². The van der Waals surface area contributed by atoms with E-state index in [1.807, 2.05) is 12.1 Å². The van der Waals surface area contributed by atoms with Crippen molar-refractivity contribution in [1.29, 1.82) is 0 Å². The smallest absolute Gasteiger partial charge is 0.355 e. The molecule has 0 saturated heterocycles. The lowest BCUT2D eigenvalue weighted by atomic mass is 9.98. The van der Waals surface area contributed by atoms with Crippen LogP contribution in [0.15, 0.2) is 48.5 Å². The number of fused-ring (bicyclic) bond motifs is 3. The molecule has 0 aliphatic heterocycles. The minimum absolute atomic E-state index is 0.00362. The first-order chi connectivity index (χ1) is 10.8. The first-order valence-corrected chi connectivity index (χ1v) is 7.24. The van der Waals surface area contributed by atoms with Crippen molar-refractivity contribution in [3.8, 4) is 17.1 Å². The summed E-state index contributed by atoms with van der Waals surface area (Å²) in [6, 6.07) is 16.8. The molecule has 1 aliphatic carbocycles. The molecule has 1 aliphatic rings. The van der Waals surface area contributed by atoms with Crippen molar-refractivity contribution in [2.45, 2.75) is 5.92 Å². The molecule has 2 aromatic carbocycles. The van der Waals surface area contributed by atoms with Crippen LogP contribution >= 0.6 is 11.6 Å². The maximum atomic E-state index is 5.65. The second-order valence-electron chi connectivity index (χ2n) is 4.99. The third kappa shape index (κ3) is 2.19. The van der Waals surface area contributed by atoms with Crippen molar-refractivity contribution in [1.82, 2.24) is 20.4 Å². The molecule has 0 saturated carbocycles. The van der Waals surface area contributed by atoms with E-state index in [1.165, 1.54) is 22.3 Å². The highest BCUT2D eigenvalue weighted by Gasteiger charge is 2.28. The van der Waals surface area contributed by atoms with Gasteiger partial charge in [-0.1, -0.05) is 58.7 Å². The molecule has 108 valence electrons. The summed E-state index contributed by atoms with van der Waals surface area (Å²) in [6.07, 6.45) is 0. The van der Waals surface area contributed by atoms with Crippen LogP contribution in [-0.4, -0.2) is 27.0 Å². The lowest BCUT2D eigenvalue weighted by Crippen LogP contribution is -2.11. The van der Waals surface area contributed by atoms with Gasteiger partial charge in [0.05, 0.1) is 0 Å². The van der Waals surface area contributed by atoms with Gasteiger partial charge in [0, 0.05) is 5.92 Å². The second-order valence-corrected chi connectivity index (χ2v) is 5.33. The molecule has 0 spiro atoms. The van der Waals surface area contributed by atoms with E-state index in [0.29, 0.717) is 6.61 Å². The Labute approximate surface area is 132 Å². The van der Waals surface area contributed by atoms with Gasteiger partial charge in [-0.25, -0.2) is 0 Å². The molecule has 3 aromatic rings. The summed E-state index contributed by atoms with van der Waals surface area (Å²) in [5, 5.41) is 14.8. The molecule has 4 rings (SSSR count). The highest BCUT2D eigenvalue weighted by Crippen LogP contribution is 2.44. The highest BCUT2D eigenvalue weighted by molar-refractivity contribution is 6.28. The van der Waals surface area contributed by atoms with E-state index < -0.39 is 0 Å². The van der Waals surface area contributed by atoms with Crippen LogP contribution in [0.5, 0.6) is 6.01 Å². The highest BCUT2D eigenvalue weighted by atomic mass is 35.5. The Morgan fingerprint density at radius 1 is 0.818 bits per heavy atom. The van der Waals surface area contributed by atoms with Crippen LogP contribution < -0.4 is 4.74 Å². The van der Waals surface area contributed by atoms with Gasteiger partial charge >= 0.3 is 6.01 Å². The minimum Gasteiger partial charge on any atom is -0.460 e. The van der Waals surface area contributed by atoms with Crippen LogP contribution in [0.3, 0.4) is 0 Å². The number of hydrogen-bond acceptors (Lipinski definition) is 5. The van der Waals surface area contributed by atoms with Crippen LogP contribution in [0.4, 0.5) is 0 Å². The predicted octanol–water partition coefficient (Wildman–Crippen LogP) is 3.11. The van der Waals surface area contributed by atoms with Gasteiger partial charge in [0.2, 0.25) is 0 Å². The Kier molecular flexibility index (Phi) is 3.20. The Balaban J connectivity index is 1.65. The molecule has 0 fully saturated rings. The van der Waals surface area contributed by atoms with Crippen molar-refractivity contribution >= 4 is 11.6 Å². The fraction of sp³-hybridized carbons (Fsp3) is 0.125. The molecule has 0 radical (unpaired) electrons. The molecule has 0 unspecified atom stereocenters. The number of aromatic nitrogens is 4. The average Bonchev–Trinajstić information content (AvgIpc) is 2.89. The van der Waals surface area contributed by atoms with Gasteiger partial charge in [0.25, 0.3) is 5.28 Å². The summed E-state index contributed by atoms with van der Waals surface area (Å²) in [6.45, 7) is 0.430. The van der Waals surface area contributed by atoms with E-state index in [4.69, 9.17) is 16.3 Å². The zero-order chi connectivity index (χ0) is 14.9. The first-order valence-electron chi connectivity index (χ1n) is 6.87. The number of ether oxygens (including phenoxy) is 1. The fourth-order valence-electron chi connectivity index (χ4n) is 2.86. The molecular weight excluding hydrogens is 300 g/mol. The van der Waals surface area contributed by atoms with Crippen molar-refractivity contribution in [3.05, 3.63) is 64.9 Å². The second kappa shape index (κ2) is 5.35. The first kappa shape index (κ1) is 13.2. The molecule has 0 amide bonds. The monoisotopic (exact) mass is 310 g/mol. The Bertz CT molecular complexity index is 777. The molecule has 22 heavy (non-hydrogen) atoms. The van der Waals surface area contributed by atoms with Crippen LogP contribution in [-0.2, 0) is 0 Å². The molecule has 1 aromatic heterocycles. The summed E-state index contributed by atoms with van der Waals surface area (Å²) in [5.74, 6) is 0.145. The van der Waals surface area contributed by atoms with Crippen molar-refractivity contribution in [2.24, 2.45) is 0 Å². The SMILES string of the molecule is Clc1nnc(OCC2c3ccccc3-c3ccccc32)nn1. The van der Waals surface area contributed by atoms with Crippen LogP contribution in [0, 0.1) is 0 Å². The quantitative estimate of drug-likeness (QED) is 0.744. The lowest BCUT2D eigenvalue weighted by Gasteiger charge is -2.13. The largest absolute Gasteiger partial charge is 0.460 e. The maximum absolute atomic E-state index is 5.65. The van der Waals surface area contributed by atoms with E-state index in [9.17, 15) is 0 Å². The van der Waals surface area contributed by atoms with Crippen molar-refractivity contribution < 1.29 is 4.74 Å². The summed E-state index contributed by atoms with van der Waals surface area (Å²) in [7, 11) is 0. The maximum Gasteiger partial charge on any atom is 0.355 e. The molecular formula is C16H11ClN4O.